The molecule has 0 spiro atoms. The molecule has 0 bridgehead atoms. The smallest absolute Gasteiger partial charge is 0.119 e. The highest BCUT2D eigenvalue weighted by Gasteiger charge is 2.18. The van der Waals surface area contributed by atoms with Gasteiger partial charge in [-0.05, 0) is 62.8 Å². The molecule has 0 amide bonds. The Hall–Kier alpha value is -1.06. The molecule has 2 N–H and O–H groups in total. The first-order valence-corrected chi connectivity index (χ1v) is 7.38. The monoisotopic (exact) mass is 263 g/mol. The van der Waals surface area contributed by atoms with Gasteiger partial charge in [0.25, 0.3) is 0 Å². The second-order valence-electron chi connectivity index (χ2n) is 5.38. The Morgan fingerprint density at radius 2 is 1.84 bits per heavy atom. The summed E-state index contributed by atoms with van der Waals surface area (Å²) in [5.74, 6) is 1.67. The van der Waals surface area contributed by atoms with E-state index in [1.165, 1.54) is 5.56 Å². The van der Waals surface area contributed by atoms with Crippen LogP contribution in [0.15, 0.2) is 24.3 Å². The highest BCUT2D eigenvalue weighted by atomic mass is 16.5. The van der Waals surface area contributed by atoms with Crippen molar-refractivity contribution in [2.24, 2.45) is 5.92 Å². The first-order valence-electron chi connectivity index (χ1n) is 7.38. The van der Waals surface area contributed by atoms with E-state index in [-0.39, 0.29) is 6.10 Å². The molecule has 2 rings (SSSR count). The zero-order chi connectivity index (χ0) is 13.5. The summed E-state index contributed by atoms with van der Waals surface area (Å²) in [6.45, 7) is 4.67. The van der Waals surface area contributed by atoms with Gasteiger partial charge >= 0.3 is 0 Å². The van der Waals surface area contributed by atoms with Crippen LogP contribution in [0.25, 0.3) is 0 Å². The average Bonchev–Trinajstić information content (AvgIpc) is 2.43. The summed E-state index contributed by atoms with van der Waals surface area (Å²) in [5, 5.41) is 13.0. The normalized spacial score (nSPS) is 23.3. The van der Waals surface area contributed by atoms with Gasteiger partial charge in [0.1, 0.15) is 5.75 Å². The summed E-state index contributed by atoms with van der Waals surface area (Å²) in [6.07, 6.45) is 4.18. The van der Waals surface area contributed by atoms with Crippen LogP contribution in [0.3, 0.4) is 0 Å². The number of benzene rings is 1. The van der Waals surface area contributed by atoms with Crippen LogP contribution in [0.2, 0.25) is 0 Å². The Labute approximate surface area is 116 Å². The van der Waals surface area contributed by atoms with Crippen LogP contribution in [0.5, 0.6) is 5.75 Å². The minimum atomic E-state index is -0.0534. The van der Waals surface area contributed by atoms with Gasteiger partial charge in [0.15, 0.2) is 0 Å². The molecule has 1 aromatic rings. The Balaban J connectivity index is 1.67. The number of aliphatic hydroxyl groups excluding tert-OH is 1. The first-order chi connectivity index (χ1) is 9.28. The molecule has 106 valence electrons. The van der Waals surface area contributed by atoms with E-state index in [1.807, 2.05) is 19.1 Å². The van der Waals surface area contributed by atoms with Crippen LogP contribution < -0.4 is 10.1 Å². The number of hydrogen-bond acceptors (Lipinski definition) is 3. The maximum atomic E-state index is 9.47. The molecule has 0 aromatic heterocycles. The Kier molecular flexibility index (Phi) is 5.67. The first kappa shape index (κ1) is 14.4. The summed E-state index contributed by atoms with van der Waals surface area (Å²) in [5.41, 5.74) is 1.29. The minimum Gasteiger partial charge on any atom is -0.494 e. The van der Waals surface area contributed by atoms with Crippen LogP contribution >= 0.6 is 0 Å². The topological polar surface area (TPSA) is 41.5 Å². The van der Waals surface area contributed by atoms with Crippen molar-refractivity contribution in [2.45, 2.75) is 45.3 Å². The molecule has 1 saturated carbocycles. The molecule has 3 heteroatoms. The predicted octanol–water partition coefficient (Wildman–Crippen LogP) is 2.73. The van der Waals surface area contributed by atoms with Gasteiger partial charge in [0.05, 0.1) is 12.7 Å². The summed E-state index contributed by atoms with van der Waals surface area (Å²) in [4.78, 5) is 0. The molecule has 0 aliphatic heterocycles. The van der Waals surface area contributed by atoms with Crippen LogP contribution in [-0.2, 0) is 6.54 Å². The van der Waals surface area contributed by atoms with Gasteiger partial charge in [-0.2, -0.15) is 0 Å². The summed E-state index contributed by atoms with van der Waals surface area (Å²) in [6, 6.07) is 8.28. The number of nitrogens with one attached hydrogen (secondary N) is 1. The number of hydrogen-bond donors (Lipinski definition) is 2. The highest BCUT2D eigenvalue weighted by molar-refractivity contribution is 5.27. The van der Waals surface area contributed by atoms with Crippen molar-refractivity contribution < 1.29 is 9.84 Å². The van der Waals surface area contributed by atoms with E-state index < -0.39 is 0 Å². The Morgan fingerprint density at radius 1 is 1.16 bits per heavy atom. The SMILES string of the molecule is CCOc1ccc(CNCC2CCC(O)CC2)cc1. The third kappa shape index (κ3) is 4.84. The van der Waals surface area contributed by atoms with E-state index >= 15 is 0 Å². The molecule has 0 saturated heterocycles. The fraction of sp³-hybridized carbons (Fsp3) is 0.625. The van der Waals surface area contributed by atoms with Gasteiger partial charge in [-0.25, -0.2) is 0 Å². The third-order valence-electron chi connectivity index (χ3n) is 3.81. The molecule has 1 aromatic carbocycles. The Morgan fingerprint density at radius 3 is 2.47 bits per heavy atom. The molecule has 1 aliphatic carbocycles. The molecule has 0 unspecified atom stereocenters. The number of aliphatic hydroxyl groups is 1. The zero-order valence-electron chi connectivity index (χ0n) is 11.8. The van der Waals surface area contributed by atoms with Crippen LogP contribution in [0.4, 0.5) is 0 Å². The minimum absolute atomic E-state index is 0.0534. The van der Waals surface area contributed by atoms with Crippen molar-refractivity contribution >= 4 is 0 Å². The molecule has 19 heavy (non-hydrogen) atoms. The lowest BCUT2D eigenvalue weighted by Crippen LogP contribution is -2.27. The summed E-state index contributed by atoms with van der Waals surface area (Å²) < 4.78 is 5.43. The van der Waals surface area contributed by atoms with Crippen molar-refractivity contribution in [1.29, 1.82) is 0 Å². The fourth-order valence-electron chi connectivity index (χ4n) is 2.64. The predicted molar refractivity (Wildman–Crippen MR) is 77.3 cm³/mol. The maximum absolute atomic E-state index is 9.47. The molecular weight excluding hydrogens is 238 g/mol. The van der Waals surface area contributed by atoms with Crippen molar-refractivity contribution in [3.05, 3.63) is 29.8 Å². The zero-order valence-corrected chi connectivity index (χ0v) is 11.8. The molecule has 3 nitrogen and oxygen atoms in total. The lowest BCUT2D eigenvalue weighted by molar-refractivity contribution is 0.108. The molecule has 0 heterocycles. The lowest BCUT2D eigenvalue weighted by Gasteiger charge is -2.25. The van der Waals surface area contributed by atoms with Crippen LogP contribution in [-0.4, -0.2) is 24.4 Å². The Bertz CT molecular complexity index is 356. The number of rotatable bonds is 6. The second kappa shape index (κ2) is 7.51. The van der Waals surface area contributed by atoms with E-state index in [1.54, 1.807) is 0 Å². The molecular formula is C16H25NO2. The van der Waals surface area contributed by atoms with Crippen molar-refractivity contribution in [1.82, 2.24) is 5.32 Å². The van der Waals surface area contributed by atoms with Gasteiger partial charge in [0.2, 0.25) is 0 Å². The largest absolute Gasteiger partial charge is 0.494 e. The second-order valence-corrected chi connectivity index (χ2v) is 5.38. The quantitative estimate of drug-likeness (QED) is 0.829. The number of ether oxygens (including phenoxy) is 1. The van der Waals surface area contributed by atoms with E-state index in [0.717, 1.165) is 50.4 Å². The van der Waals surface area contributed by atoms with Gasteiger partial charge in [0, 0.05) is 6.54 Å². The summed E-state index contributed by atoms with van der Waals surface area (Å²) >= 11 is 0. The molecule has 0 radical (unpaired) electrons. The van der Waals surface area contributed by atoms with Gasteiger partial charge < -0.3 is 15.2 Å². The standard InChI is InChI=1S/C16H25NO2/c1-2-19-16-9-5-14(6-10-16)12-17-11-13-3-7-15(18)8-4-13/h5-6,9-10,13,15,17-18H,2-4,7-8,11-12H2,1H3. The van der Waals surface area contributed by atoms with E-state index in [9.17, 15) is 5.11 Å². The van der Waals surface area contributed by atoms with Crippen molar-refractivity contribution in [3.63, 3.8) is 0 Å². The van der Waals surface area contributed by atoms with Gasteiger partial charge in [-0.15, -0.1) is 0 Å². The molecule has 1 aliphatic rings. The molecule has 1 fully saturated rings. The maximum Gasteiger partial charge on any atom is 0.119 e. The van der Waals surface area contributed by atoms with Gasteiger partial charge in [-0.1, -0.05) is 12.1 Å². The lowest BCUT2D eigenvalue weighted by atomic mass is 9.87. The van der Waals surface area contributed by atoms with Crippen molar-refractivity contribution in [2.75, 3.05) is 13.2 Å². The van der Waals surface area contributed by atoms with Crippen molar-refractivity contribution in [3.8, 4) is 5.75 Å². The van der Waals surface area contributed by atoms with E-state index in [4.69, 9.17) is 4.74 Å². The van der Waals surface area contributed by atoms with E-state index in [0.29, 0.717) is 6.61 Å². The van der Waals surface area contributed by atoms with Crippen LogP contribution in [0, 0.1) is 5.92 Å². The van der Waals surface area contributed by atoms with E-state index in [2.05, 4.69) is 17.4 Å². The average molecular weight is 263 g/mol. The third-order valence-corrected chi connectivity index (χ3v) is 3.81. The summed E-state index contributed by atoms with van der Waals surface area (Å²) in [7, 11) is 0. The van der Waals surface area contributed by atoms with Crippen LogP contribution in [0.1, 0.15) is 38.2 Å². The fourth-order valence-corrected chi connectivity index (χ4v) is 2.64. The van der Waals surface area contributed by atoms with Gasteiger partial charge in [-0.3, -0.25) is 0 Å². The molecule has 0 atom stereocenters. The highest BCUT2D eigenvalue weighted by Crippen LogP contribution is 2.23.